The fraction of sp³-hybridized carbons (Fsp3) is 0.333. The molecule has 0 spiro atoms. The number of benzene rings is 2. The number of hydrogen-bond donors (Lipinski definition) is 1. The van der Waals surface area contributed by atoms with Gasteiger partial charge < -0.3 is 10.2 Å². The van der Waals surface area contributed by atoms with Crippen molar-refractivity contribution < 1.29 is 13.3 Å². The van der Waals surface area contributed by atoms with Crippen LogP contribution in [0.1, 0.15) is 17.2 Å². The van der Waals surface area contributed by atoms with Crippen molar-refractivity contribution in [2.24, 2.45) is 0 Å². The maximum absolute atomic E-state index is 11.9. The fourth-order valence-corrected chi connectivity index (χ4v) is 3.54. The Morgan fingerprint density at radius 3 is 2.27 bits per heavy atom. The van der Waals surface area contributed by atoms with Gasteiger partial charge in [0.1, 0.15) is 4.90 Å². The third-order valence-corrected chi connectivity index (χ3v) is 5.27. The third kappa shape index (κ3) is 4.80. The van der Waals surface area contributed by atoms with Crippen molar-refractivity contribution in [3.63, 3.8) is 0 Å². The van der Waals surface area contributed by atoms with E-state index in [2.05, 4.69) is 22.3 Å². The Hall–Kier alpha value is -2.45. The second-order valence-corrected chi connectivity index (χ2v) is 8.47. The van der Waals surface area contributed by atoms with Crippen LogP contribution in [0.3, 0.4) is 0 Å². The molecule has 2 aromatic rings. The van der Waals surface area contributed by atoms with Crippen LogP contribution >= 0.6 is 0 Å². The van der Waals surface area contributed by atoms with E-state index in [0.29, 0.717) is 12.2 Å². The van der Waals surface area contributed by atoms with Crippen molar-refractivity contribution in [1.29, 1.82) is 0 Å². The summed E-state index contributed by atoms with van der Waals surface area (Å²) in [6.45, 7) is 2.55. The Morgan fingerprint density at radius 2 is 1.77 bits per heavy atom. The highest BCUT2D eigenvalue weighted by Crippen LogP contribution is 2.28. The summed E-state index contributed by atoms with van der Waals surface area (Å²) in [7, 11) is 0.220. The number of nitro benzene ring substituents is 1. The molecule has 0 fully saturated rings. The summed E-state index contributed by atoms with van der Waals surface area (Å²) in [6.07, 6.45) is 0.966. The number of aryl methyl sites for hydroxylation is 1. The topological polar surface area (TPSA) is 92.5 Å². The molecule has 1 unspecified atom stereocenters. The van der Waals surface area contributed by atoms with Crippen LogP contribution < -0.4 is 5.32 Å². The normalized spacial score (nSPS) is 12.8. The second-order valence-electron chi connectivity index (χ2n) is 6.48. The lowest BCUT2D eigenvalue weighted by atomic mass is 10.0. The van der Waals surface area contributed by atoms with Crippen molar-refractivity contribution in [3.8, 4) is 0 Å². The first-order valence-corrected chi connectivity index (χ1v) is 9.94. The molecule has 140 valence electrons. The Kier molecular flexibility index (Phi) is 5.99. The second kappa shape index (κ2) is 7.84. The molecule has 0 aliphatic rings. The SMILES string of the molecule is Cc1ccc(C(CNc2ccc([N+](=O)[O-])c(S(C)(=O)=O)c2)N(C)C)cc1. The van der Waals surface area contributed by atoms with Gasteiger partial charge in [0.15, 0.2) is 9.84 Å². The van der Waals surface area contributed by atoms with E-state index in [1.54, 1.807) is 0 Å². The molecule has 0 radical (unpaired) electrons. The Labute approximate surface area is 153 Å². The van der Waals surface area contributed by atoms with Gasteiger partial charge in [-0.15, -0.1) is 0 Å². The van der Waals surface area contributed by atoms with Gasteiger partial charge in [0, 0.05) is 24.6 Å². The summed E-state index contributed by atoms with van der Waals surface area (Å²) in [4.78, 5) is 12.1. The number of nitrogens with one attached hydrogen (secondary N) is 1. The quantitative estimate of drug-likeness (QED) is 0.589. The van der Waals surface area contributed by atoms with Crippen LogP contribution in [-0.2, 0) is 9.84 Å². The molecule has 0 heterocycles. The highest BCUT2D eigenvalue weighted by molar-refractivity contribution is 7.90. The van der Waals surface area contributed by atoms with Gasteiger partial charge in [0.2, 0.25) is 0 Å². The van der Waals surface area contributed by atoms with Crippen LogP contribution in [0.25, 0.3) is 0 Å². The van der Waals surface area contributed by atoms with Crippen molar-refractivity contribution in [1.82, 2.24) is 4.90 Å². The van der Waals surface area contributed by atoms with E-state index >= 15 is 0 Å². The van der Waals surface area contributed by atoms with E-state index in [9.17, 15) is 18.5 Å². The molecule has 0 saturated heterocycles. The lowest BCUT2D eigenvalue weighted by molar-refractivity contribution is -0.387. The molecule has 2 aromatic carbocycles. The predicted molar refractivity (Wildman–Crippen MR) is 102 cm³/mol. The average molecular weight is 377 g/mol. The van der Waals surface area contributed by atoms with Crippen molar-refractivity contribution in [3.05, 3.63) is 63.7 Å². The first kappa shape index (κ1) is 19.9. The van der Waals surface area contributed by atoms with E-state index in [1.165, 1.54) is 23.8 Å². The summed E-state index contributed by atoms with van der Waals surface area (Å²) >= 11 is 0. The smallest absolute Gasteiger partial charge is 0.288 e. The number of likely N-dealkylation sites (N-methyl/N-ethyl adjacent to an activating group) is 1. The molecule has 0 bridgehead atoms. The van der Waals surface area contributed by atoms with Crippen molar-refractivity contribution >= 4 is 21.2 Å². The van der Waals surface area contributed by atoms with Gasteiger partial charge in [-0.25, -0.2) is 8.42 Å². The largest absolute Gasteiger partial charge is 0.383 e. The first-order valence-electron chi connectivity index (χ1n) is 8.05. The molecule has 1 atom stereocenters. The Balaban J connectivity index is 2.27. The lowest BCUT2D eigenvalue weighted by Crippen LogP contribution is -2.26. The van der Waals surface area contributed by atoms with Crippen LogP contribution in [0.5, 0.6) is 0 Å². The molecule has 0 saturated carbocycles. The van der Waals surface area contributed by atoms with E-state index < -0.39 is 20.4 Å². The van der Waals surface area contributed by atoms with E-state index in [1.807, 2.05) is 33.2 Å². The minimum absolute atomic E-state index is 0.0625. The Bertz CT molecular complexity index is 893. The van der Waals surface area contributed by atoms with E-state index in [4.69, 9.17) is 0 Å². The van der Waals surface area contributed by atoms with E-state index in [0.717, 1.165) is 11.8 Å². The van der Waals surface area contributed by atoms with Gasteiger partial charge in [0.25, 0.3) is 5.69 Å². The molecule has 0 aliphatic heterocycles. The monoisotopic (exact) mass is 377 g/mol. The van der Waals surface area contributed by atoms with Crippen molar-refractivity contribution in [2.45, 2.75) is 17.9 Å². The minimum Gasteiger partial charge on any atom is -0.383 e. The summed E-state index contributed by atoms with van der Waals surface area (Å²) in [5.74, 6) is 0. The van der Waals surface area contributed by atoms with Gasteiger partial charge in [-0.05, 0) is 38.7 Å². The van der Waals surface area contributed by atoms with Gasteiger partial charge in [-0.2, -0.15) is 0 Å². The summed E-state index contributed by atoms with van der Waals surface area (Å²) in [6, 6.07) is 12.3. The number of nitrogens with zero attached hydrogens (tertiary/aromatic N) is 2. The number of sulfone groups is 1. The number of anilines is 1. The predicted octanol–water partition coefficient (Wildman–Crippen LogP) is 3.02. The zero-order valence-corrected chi connectivity index (χ0v) is 16.1. The van der Waals surface area contributed by atoms with Crippen LogP contribution in [0.15, 0.2) is 47.4 Å². The van der Waals surface area contributed by atoms with Crippen LogP contribution in [0, 0.1) is 17.0 Å². The molecule has 8 heteroatoms. The van der Waals surface area contributed by atoms with Gasteiger partial charge >= 0.3 is 0 Å². The maximum atomic E-state index is 11.9. The average Bonchev–Trinajstić information content (AvgIpc) is 2.55. The Morgan fingerprint density at radius 1 is 1.15 bits per heavy atom. The minimum atomic E-state index is -3.70. The lowest BCUT2D eigenvalue weighted by Gasteiger charge is -2.25. The molecule has 0 amide bonds. The van der Waals surface area contributed by atoms with Gasteiger partial charge in [-0.1, -0.05) is 29.8 Å². The molecule has 7 nitrogen and oxygen atoms in total. The zero-order valence-electron chi connectivity index (χ0n) is 15.3. The molecular formula is C18H23N3O4S. The standard InChI is InChI=1S/C18H23N3O4S/c1-13-5-7-14(8-6-13)17(20(2)3)12-19-15-9-10-16(21(22)23)18(11-15)26(4,24)25/h5-11,17,19H,12H2,1-4H3. The van der Waals surface area contributed by atoms with Crippen LogP contribution in [-0.4, -0.2) is 45.1 Å². The maximum Gasteiger partial charge on any atom is 0.288 e. The molecular weight excluding hydrogens is 354 g/mol. The molecule has 1 N–H and O–H groups in total. The van der Waals surface area contributed by atoms with E-state index in [-0.39, 0.29) is 10.9 Å². The molecule has 0 aromatic heterocycles. The molecule has 2 rings (SSSR count). The molecule has 26 heavy (non-hydrogen) atoms. The third-order valence-electron chi connectivity index (χ3n) is 4.14. The summed E-state index contributed by atoms with van der Waals surface area (Å²) in [5.41, 5.74) is 2.40. The highest BCUT2D eigenvalue weighted by Gasteiger charge is 2.23. The fourth-order valence-electron chi connectivity index (χ4n) is 2.67. The number of rotatable bonds is 7. The number of nitro groups is 1. The van der Waals surface area contributed by atoms with Crippen LogP contribution in [0.2, 0.25) is 0 Å². The first-order chi connectivity index (χ1) is 12.1. The van der Waals surface area contributed by atoms with Gasteiger partial charge in [0.05, 0.1) is 11.0 Å². The summed E-state index contributed by atoms with van der Waals surface area (Å²) in [5, 5.41) is 14.3. The molecule has 0 aliphatic carbocycles. The van der Waals surface area contributed by atoms with Crippen LogP contribution in [0.4, 0.5) is 11.4 Å². The number of hydrogen-bond acceptors (Lipinski definition) is 6. The van der Waals surface area contributed by atoms with Crippen molar-refractivity contribution in [2.75, 3.05) is 32.2 Å². The van der Waals surface area contributed by atoms with Gasteiger partial charge in [-0.3, -0.25) is 10.1 Å². The zero-order chi connectivity index (χ0) is 19.5. The highest BCUT2D eigenvalue weighted by atomic mass is 32.2. The summed E-state index contributed by atoms with van der Waals surface area (Å²) < 4.78 is 23.7.